The lowest BCUT2D eigenvalue weighted by Crippen LogP contribution is -2.27. The molecule has 0 aromatic carbocycles. The highest BCUT2D eigenvalue weighted by molar-refractivity contribution is 5.92. The molecule has 3 heterocycles. The van der Waals surface area contributed by atoms with Gasteiger partial charge in [0, 0.05) is 31.0 Å². The second-order valence-electron chi connectivity index (χ2n) is 6.29. The lowest BCUT2D eigenvalue weighted by atomic mass is 10.1. The number of carbonyl (C=O) groups excluding carboxylic acids is 1. The topological polar surface area (TPSA) is 83.9 Å². The zero-order valence-electron chi connectivity index (χ0n) is 15.5. The van der Waals surface area contributed by atoms with E-state index in [1.807, 2.05) is 27.1 Å². The van der Waals surface area contributed by atoms with Crippen LogP contribution in [0.4, 0.5) is 0 Å². The van der Waals surface area contributed by atoms with Gasteiger partial charge in [-0.2, -0.15) is 5.10 Å². The molecule has 0 N–H and O–H groups in total. The maximum Gasteiger partial charge on any atom is 0.339 e. The number of hydrogen-bond donors (Lipinski definition) is 0. The number of pyridine rings is 1. The summed E-state index contributed by atoms with van der Waals surface area (Å²) in [7, 11) is 3.15. The molecule has 0 aliphatic heterocycles. The smallest absolute Gasteiger partial charge is 0.339 e. The largest absolute Gasteiger partial charge is 0.465 e. The highest BCUT2D eigenvalue weighted by Gasteiger charge is 2.21. The maximum atomic E-state index is 13.2. The Labute approximate surface area is 151 Å². The number of rotatable bonds is 6. The summed E-state index contributed by atoms with van der Waals surface area (Å²) < 4.78 is 9.85. The van der Waals surface area contributed by atoms with Crippen LogP contribution in [0.5, 0.6) is 0 Å². The fourth-order valence-electron chi connectivity index (χ4n) is 3.26. The summed E-state index contributed by atoms with van der Waals surface area (Å²) in [6.07, 6.45) is 6.70. The van der Waals surface area contributed by atoms with E-state index in [0.717, 1.165) is 18.4 Å². The SMILES string of the molecule is CCC(CC)n1c(=O)n(Cc2cnn(C)c2)c2cc(C(=O)OC)cnc21. The second kappa shape index (κ2) is 7.15. The lowest BCUT2D eigenvalue weighted by Gasteiger charge is -2.13. The first-order chi connectivity index (χ1) is 12.5. The summed E-state index contributed by atoms with van der Waals surface area (Å²) in [4.78, 5) is 29.5. The Morgan fingerprint density at radius 1 is 1.27 bits per heavy atom. The van der Waals surface area contributed by atoms with Crippen molar-refractivity contribution >= 4 is 17.1 Å². The van der Waals surface area contributed by atoms with E-state index in [0.29, 0.717) is 23.3 Å². The molecule has 3 rings (SSSR count). The number of aromatic nitrogens is 5. The van der Waals surface area contributed by atoms with E-state index < -0.39 is 5.97 Å². The van der Waals surface area contributed by atoms with Crippen LogP contribution < -0.4 is 5.69 Å². The molecule has 0 saturated heterocycles. The van der Waals surface area contributed by atoms with Gasteiger partial charge in [0.1, 0.15) is 0 Å². The minimum atomic E-state index is -0.477. The summed E-state index contributed by atoms with van der Waals surface area (Å²) in [6.45, 7) is 4.46. The van der Waals surface area contributed by atoms with Gasteiger partial charge >= 0.3 is 11.7 Å². The van der Waals surface area contributed by atoms with Gasteiger partial charge in [-0.05, 0) is 18.9 Å². The van der Waals surface area contributed by atoms with Crippen LogP contribution in [-0.4, -0.2) is 37.0 Å². The molecule has 0 aliphatic rings. The number of aryl methyl sites for hydroxylation is 1. The number of imidazole rings is 1. The molecule has 0 radical (unpaired) electrons. The molecule has 26 heavy (non-hydrogen) atoms. The van der Waals surface area contributed by atoms with Crippen LogP contribution in [0.3, 0.4) is 0 Å². The van der Waals surface area contributed by atoms with Gasteiger partial charge in [0.15, 0.2) is 5.65 Å². The van der Waals surface area contributed by atoms with E-state index in [1.165, 1.54) is 13.3 Å². The van der Waals surface area contributed by atoms with Crippen molar-refractivity contribution in [3.05, 3.63) is 46.3 Å². The first kappa shape index (κ1) is 17.9. The minimum absolute atomic E-state index is 0.0524. The average molecular weight is 357 g/mol. The maximum absolute atomic E-state index is 13.2. The predicted molar refractivity (Wildman–Crippen MR) is 97.3 cm³/mol. The fourth-order valence-corrected chi connectivity index (χ4v) is 3.26. The molecule has 0 saturated carbocycles. The van der Waals surface area contributed by atoms with E-state index in [9.17, 15) is 9.59 Å². The Kier molecular flexibility index (Phi) is 4.92. The quantitative estimate of drug-likeness (QED) is 0.631. The fraction of sp³-hybridized carbons (Fsp3) is 0.444. The monoisotopic (exact) mass is 357 g/mol. The Balaban J connectivity index is 2.23. The highest BCUT2D eigenvalue weighted by atomic mass is 16.5. The van der Waals surface area contributed by atoms with Crippen LogP contribution >= 0.6 is 0 Å². The van der Waals surface area contributed by atoms with Crippen molar-refractivity contribution in [2.45, 2.75) is 39.3 Å². The highest BCUT2D eigenvalue weighted by Crippen LogP contribution is 2.22. The van der Waals surface area contributed by atoms with Gasteiger partial charge in [-0.1, -0.05) is 13.8 Å². The van der Waals surface area contributed by atoms with Gasteiger partial charge in [0.2, 0.25) is 0 Å². The zero-order chi connectivity index (χ0) is 18.8. The third kappa shape index (κ3) is 3.02. The van der Waals surface area contributed by atoms with Crippen LogP contribution in [0.15, 0.2) is 29.5 Å². The van der Waals surface area contributed by atoms with Crippen molar-refractivity contribution in [1.29, 1.82) is 0 Å². The number of hydrogen-bond acceptors (Lipinski definition) is 5. The molecule has 0 spiro atoms. The van der Waals surface area contributed by atoms with Crippen molar-refractivity contribution in [2.75, 3.05) is 7.11 Å². The number of ether oxygens (including phenoxy) is 1. The third-order valence-corrected chi connectivity index (χ3v) is 4.63. The number of carbonyl (C=O) groups is 1. The summed E-state index contributed by atoms with van der Waals surface area (Å²) in [5, 5.41) is 4.16. The van der Waals surface area contributed by atoms with Crippen molar-refractivity contribution in [2.24, 2.45) is 7.05 Å². The molecule has 0 bridgehead atoms. The number of fused-ring (bicyclic) bond motifs is 1. The van der Waals surface area contributed by atoms with Crippen LogP contribution in [-0.2, 0) is 18.3 Å². The standard InChI is InChI=1S/C18H23N5O3/c1-5-14(6-2)23-16-15(7-13(9-19-16)17(24)26-4)22(18(23)25)11-12-8-20-21(3)10-12/h7-10,14H,5-6,11H2,1-4H3. The molecule has 138 valence electrons. The van der Waals surface area contributed by atoms with Gasteiger partial charge < -0.3 is 4.74 Å². The van der Waals surface area contributed by atoms with E-state index in [-0.39, 0.29) is 11.7 Å². The van der Waals surface area contributed by atoms with Crippen LogP contribution in [0, 0.1) is 0 Å². The third-order valence-electron chi connectivity index (χ3n) is 4.63. The van der Waals surface area contributed by atoms with Crippen molar-refractivity contribution in [3.8, 4) is 0 Å². The molecule has 3 aromatic rings. The molecule has 0 aliphatic carbocycles. The molecule has 8 heteroatoms. The number of methoxy groups -OCH3 is 1. The van der Waals surface area contributed by atoms with Gasteiger partial charge in [-0.3, -0.25) is 13.8 Å². The molecule has 0 amide bonds. The molecule has 3 aromatic heterocycles. The number of esters is 1. The Morgan fingerprint density at radius 2 is 2.00 bits per heavy atom. The molecule has 0 atom stereocenters. The van der Waals surface area contributed by atoms with Gasteiger partial charge in [0.25, 0.3) is 0 Å². The lowest BCUT2D eigenvalue weighted by molar-refractivity contribution is 0.0600. The predicted octanol–water partition coefficient (Wildman–Crippen LogP) is 2.13. The normalized spacial score (nSPS) is 11.4. The van der Waals surface area contributed by atoms with Crippen LogP contribution in [0.2, 0.25) is 0 Å². The first-order valence-electron chi connectivity index (χ1n) is 8.66. The average Bonchev–Trinajstić information content (AvgIpc) is 3.18. The second-order valence-corrected chi connectivity index (χ2v) is 6.29. The van der Waals surface area contributed by atoms with Crippen LogP contribution in [0.25, 0.3) is 11.2 Å². The van der Waals surface area contributed by atoms with Crippen molar-refractivity contribution in [1.82, 2.24) is 23.9 Å². The first-order valence-corrected chi connectivity index (χ1v) is 8.66. The van der Waals surface area contributed by atoms with E-state index in [2.05, 4.69) is 10.1 Å². The molecular formula is C18H23N5O3. The Morgan fingerprint density at radius 3 is 2.58 bits per heavy atom. The van der Waals surface area contributed by atoms with Gasteiger partial charge in [-0.15, -0.1) is 0 Å². The molecular weight excluding hydrogens is 334 g/mol. The number of nitrogens with zero attached hydrogens (tertiary/aromatic N) is 5. The molecule has 0 unspecified atom stereocenters. The minimum Gasteiger partial charge on any atom is -0.465 e. The Hall–Kier alpha value is -2.90. The summed E-state index contributed by atoms with van der Waals surface area (Å²) >= 11 is 0. The van der Waals surface area contributed by atoms with E-state index in [4.69, 9.17) is 4.74 Å². The van der Waals surface area contributed by atoms with Gasteiger partial charge in [0.05, 0.1) is 30.9 Å². The van der Waals surface area contributed by atoms with Crippen molar-refractivity contribution < 1.29 is 9.53 Å². The van der Waals surface area contributed by atoms with Crippen molar-refractivity contribution in [3.63, 3.8) is 0 Å². The van der Waals surface area contributed by atoms with Gasteiger partial charge in [-0.25, -0.2) is 14.6 Å². The zero-order valence-corrected chi connectivity index (χ0v) is 15.5. The van der Waals surface area contributed by atoms with Crippen LogP contribution in [0.1, 0.15) is 48.7 Å². The van der Waals surface area contributed by atoms with E-state index >= 15 is 0 Å². The Bertz CT molecular complexity index is 994. The molecule has 0 fully saturated rings. The summed E-state index contributed by atoms with van der Waals surface area (Å²) in [5.41, 5.74) is 2.30. The van der Waals surface area contributed by atoms with E-state index in [1.54, 1.807) is 26.1 Å². The summed E-state index contributed by atoms with van der Waals surface area (Å²) in [6, 6.07) is 1.72. The molecule has 8 nitrogen and oxygen atoms in total. The summed E-state index contributed by atoms with van der Waals surface area (Å²) in [5.74, 6) is -0.477.